The molecule has 1 atom stereocenters. The van der Waals surface area contributed by atoms with Crippen LogP contribution in [0.3, 0.4) is 0 Å². The summed E-state index contributed by atoms with van der Waals surface area (Å²) >= 11 is 0. The maximum absolute atomic E-state index is 12.9. The van der Waals surface area contributed by atoms with Crippen LogP contribution >= 0.6 is 0 Å². The Balaban J connectivity index is 1.76. The second-order valence-corrected chi connectivity index (χ2v) is 6.66. The lowest BCUT2D eigenvalue weighted by Crippen LogP contribution is -2.54. The Labute approximate surface area is 161 Å². The molecule has 1 saturated heterocycles. The molecule has 2 aliphatic heterocycles. The van der Waals surface area contributed by atoms with E-state index in [1.807, 2.05) is 0 Å². The third-order valence-corrected chi connectivity index (χ3v) is 4.70. The lowest BCUT2D eigenvalue weighted by molar-refractivity contribution is -0.136. The molecule has 1 aromatic rings. The van der Waals surface area contributed by atoms with Gasteiger partial charge in [0, 0.05) is 12.8 Å². The van der Waals surface area contributed by atoms with Gasteiger partial charge in [0.1, 0.15) is 18.4 Å². The van der Waals surface area contributed by atoms with Crippen molar-refractivity contribution in [3.8, 4) is 5.75 Å². The summed E-state index contributed by atoms with van der Waals surface area (Å²) in [6.45, 7) is 0.500. The molecule has 28 heavy (non-hydrogen) atoms. The summed E-state index contributed by atoms with van der Waals surface area (Å²) in [5.74, 6) is -2.36. The number of hydrogen-bond acceptors (Lipinski definition) is 7. The summed E-state index contributed by atoms with van der Waals surface area (Å²) in [7, 11) is 1.80. The molecule has 4 amide bonds. The summed E-state index contributed by atoms with van der Waals surface area (Å²) in [4.78, 5) is 61.8. The number of Topliss-reactive ketones (excluding diaryl/α,β-unsaturated/α-hetero) is 1. The number of piperidine rings is 1. The quantitative estimate of drug-likeness (QED) is 0.477. The fourth-order valence-electron chi connectivity index (χ4n) is 3.30. The number of hydrogen-bond donors (Lipinski definition) is 2. The number of nitrogens with zero attached hydrogens (tertiary/aromatic N) is 1. The minimum atomic E-state index is -1.04. The van der Waals surface area contributed by atoms with Crippen molar-refractivity contribution < 1.29 is 28.7 Å². The van der Waals surface area contributed by atoms with Gasteiger partial charge in [0.15, 0.2) is 5.78 Å². The SMILES string of the molecule is CNCCCC(=O)COc1cccc2c1C(=O)N(C1CCC(=O)NC1=O)C2=O. The van der Waals surface area contributed by atoms with Gasteiger partial charge in [-0.1, -0.05) is 6.07 Å². The molecule has 1 unspecified atom stereocenters. The fourth-order valence-corrected chi connectivity index (χ4v) is 3.30. The highest BCUT2D eigenvalue weighted by Crippen LogP contribution is 2.33. The van der Waals surface area contributed by atoms with E-state index in [0.29, 0.717) is 19.4 Å². The molecule has 2 heterocycles. The number of ether oxygens (including phenoxy) is 1. The third kappa shape index (κ3) is 3.79. The molecule has 2 N–H and O–H groups in total. The Morgan fingerprint density at radius 1 is 1.25 bits per heavy atom. The van der Waals surface area contributed by atoms with E-state index in [0.717, 1.165) is 4.90 Å². The number of amides is 4. The van der Waals surface area contributed by atoms with Crippen molar-refractivity contribution >= 4 is 29.4 Å². The number of ketones is 1. The molecule has 1 aromatic carbocycles. The van der Waals surface area contributed by atoms with E-state index in [1.54, 1.807) is 13.1 Å². The van der Waals surface area contributed by atoms with Crippen LogP contribution in [0.25, 0.3) is 0 Å². The van der Waals surface area contributed by atoms with Gasteiger partial charge in [-0.05, 0) is 38.6 Å². The van der Waals surface area contributed by atoms with Gasteiger partial charge < -0.3 is 10.1 Å². The molecule has 0 aromatic heterocycles. The minimum Gasteiger partial charge on any atom is -0.485 e. The smallest absolute Gasteiger partial charge is 0.266 e. The molecule has 0 radical (unpaired) electrons. The van der Waals surface area contributed by atoms with Gasteiger partial charge in [0.05, 0.1) is 11.1 Å². The lowest BCUT2D eigenvalue weighted by Gasteiger charge is -2.27. The van der Waals surface area contributed by atoms with E-state index < -0.39 is 29.7 Å². The molecule has 1 fully saturated rings. The van der Waals surface area contributed by atoms with Crippen LogP contribution in [0.1, 0.15) is 46.4 Å². The molecule has 148 valence electrons. The number of fused-ring (bicyclic) bond motifs is 1. The van der Waals surface area contributed by atoms with Crippen molar-refractivity contribution in [3.63, 3.8) is 0 Å². The van der Waals surface area contributed by atoms with Gasteiger partial charge in [0.25, 0.3) is 11.8 Å². The third-order valence-electron chi connectivity index (χ3n) is 4.70. The maximum Gasteiger partial charge on any atom is 0.266 e. The van der Waals surface area contributed by atoms with Gasteiger partial charge in [-0.15, -0.1) is 0 Å². The van der Waals surface area contributed by atoms with Crippen LogP contribution in [-0.4, -0.2) is 60.6 Å². The van der Waals surface area contributed by atoms with Gasteiger partial charge in [-0.3, -0.25) is 34.2 Å². The highest BCUT2D eigenvalue weighted by molar-refractivity contribution is 6.24. The van der Waals surface area contributed by atoms with Crippen molar-refractivity contribution in [1.29, 1.82) is 0 Å². The molecule has 9 nitrogen and oxygen atoms in total. The molecule has 9 heteroatoms. The molecular weight excluding hydrogens is 366 g/mol. The molecule has 3 rings (SSSR count). The first-order chi connectivity index (χ1) is 13.4. The predicted octanol–water partition coefficient (Wildman–Crippen LogP) is 0.0353. The number of nitrogens with one attached hydrogen (secondary N) is 2. The Morgan fingerprint density at radius 3 is 2.75 bits per heavy atom. The highest BCUT2D eigenvalue weighted by atomic mass is 16.5. The second-order valence-electron chi connectivity index (χ2n) is 6.66. The van der Waals surface area contributed by atoms with Gasteiger partial charge >= 0.3 is 0 Å². The predicted molar refractivity (Wildman–Crippen MR) is 96.8 cm³/mol. The largest absolute Gasteiger partial charge is 0.485 e. The Bertz CT molecular complexity index is 850. The summed E-state index contributed by atoms with van der Waals surface area (Å²) in [6, 6.07) is 3.50. The van der Waals surface area contributed by atoms with E-state index in [-0.39, 0.29) is 42.1 Å². The topological polar surface area (TPSA) is 122 Å². The molecular formula is C19H21N3O6. The summed E-state index contributed by atoms with van der Waals surface area (Å²) < 4.78 is 5.52. The minimum absolute atomic E-state index is 0.0419. The standard InChI is InChI=1S/C19H21N3O6/c1-20-9-3-4-11(23)10-28-14-6-2-5-12-16(14)19(27)22(18(12)26)13-7-8-15(24)21-17(13)25/h2,5-6,13,20H,3-4,7-10H2,1H3,(H,21,24,25). The number of rotatable bonds is 8. The molecule has 0 saturated carbocycles. The van der Waals surface area contributed by atoms with Gasteiger partial charge in [-0.2, -0.15) is 0 Å². The van der Waals surface area contributed by atoms with Crippen LogP contribution in [0, 0.1) is 0 Å². The van der Waals surface area contributed by atoms with Crippen molar-refractivity contribution in [2.24, 2.45) is 0 Å². The van der Waals surface area contributed by atoms with Crippen LogP contribution in [0.15, 0.2) is 18.2 Å². The van der Waals surface area contributed by atoms with Crippen LogP contribution in [0.4, 0.5) is 0 Å². The van der Waals surface area contributed by atoms with Crippen molar-refractivity contribution in [3.05, 3.63) is 29.3 Å². The number of carbonyl (C=O) groups is 5. The van der Waals surface area contributed by atoms with Gasteiger partial charge in [-0.25, -0.2) is 0 Å². The zero-order chi connectivity index (χ0) is 20.3. The zero-order valence-electron chi connectivity index (χ0n) is 15.4. The summed E-state index contributed by atoms with van der Waals surface area (Å²) in [5, 5.41) is 5.10. The first kappa shape index (κ1) is 19.7. The first-order valence-electron chi connectivity index (χ1n) is 9.07. The van der Waals surface area contributed by atoms with Gasteiger partial charge in [0.2, 0.25) is 11.8 Å². The summed E-state index contributed by atoms with van der Waals surface area (Å²) in [6.07, 6.45) is 1.14. The average molecular weight is 387 g/mol. The maximum atomic E-state index is 12.9. The van der Waals surface area contributed by atoms with E-state index in [1.165, 1.54) is 12.1 Å². The van der Waals surface area contributed by atoms with Crippen LogP contribution in [0.5, 0.6) is 5.75 Å². The zero-order valence-corrected chi connectivity index (χ0v) is 15.4. The van der Waals surface area contributed by atoms with Crippen LogP contribution < -0.4 is 15.4 Å². The second kappa shape index (κ2) is 8.30. The highest BCUT2D eigenvalue weighted by Gasteiger charge is 2.46. The van der Waals surface area contributed by atoms with Crippen molar-refractivity contribution in [2.45, 2.75) is 31.7 Å². The van der Waals surface area contributed by atoms with E-state index in [9.17, 15) is 24.0 Å². The first-order valence-corrected chi connectivity index (χ1v) is 9.07. The van der Waals surface area contributed by atoms with Crippen LogP contribution in [-0.2, 0) is 14.4 Å². The van der Waals surface area contributed by atoms with Crippen molar-refractivity contribution in [2.75, 3.05) is 20.2 Å². The molecule has 2 aliphatic rings. The Hall–Kier alpha value is -3.07. The molecule has 0 aliphatic carbocycles. The summed E-state index contributed by atoms with van der Waals surface area (Å²) in [5.41, 5.74) is 0.162. The van der Waals surface area contributed by atoms with E-state index in [4.69, 9.17) is 4.74 Å². The van der Waals surface area contributed by atoms with Crippen molar-refractivity contribution in [1.82, 2.24) is 15.5 Å². The monoisotopic (exact) mass is 387 g/mol. The number of benzene rings is 1. The number of imide groups is 2. The normalized spacial score (nSPS) is 18.9. The van der Waals surface area contributed by atoms with E-state index >= 15 is 0 Å². The molecule has 0 bridgehead atoms. The Morgan fingerprint density at radius 2 is 2.04 bits per heavy atom. The number of carbonyl (C=O) groups excluding carboxylic acids is 5. The fraction of sp³-hybridized carbons (Fsp3) is 0.421. The van der Waals surface area contributed by atoms with Crippen LogP contribution in [0.2, 0.25) is 0 Å². The Kier molecular flexibility index (Phi) is 5.84. The average Bonchev–Trinajstić information content (AvgIpc) is 2.92. The molecule has 0 spiro atoms. The lowest BCUT2D eigenvalue weighted by atomic mass is 10.0. The van der Waals surface area contributed by atoms with E-state index in [2.05, 4.69) is 10.6 Å².